The third-order valence-electron chi connectivity index (χ3n) is 10.3. The van der Waals surface area contributed by atoms with Crippen LogP contribution < -0.4 is 36.3 Å². The average Bonchev–Trinajstić information content (AvgIpc) is 3.29. The molecule has 0 aromatic heterocycles. The van der Waals surface area contributed by atoms with Crippen LogP contribution in [0.15, 0.2) is 212 Å². The maximum absolute atomic E-state index is 13.6. The summed E-state index contributed by atoms with van der Waals surface area (Å²) in [5, 5.41) is 3.29. The molecular weight excluding hydrogens is 877 g/mol. The molecule has 0 amide bonds. The van der Waals surface area contributed by atoms with Crippen LogP contribution in [0, 0.1) is 0 Å². The molecule has 0 saturated carbocycles. The molecule has 300 valence electrons. The van der Waals surface area contributed by atoms with E-state index in [4.69, 9.17) is 37.0 Å². The average molecular weight is 915 g/mol. The Kier molecular flexibility index (Phi) is 10.5. The van der Waals surface area contributed by atoms with Crippen LogP contribution in [0.2, 0.25) is 0 Å². The van der Waals surface area contributed by atoms with E-state index in [9.17, 15) is 9.59 Å². The number of rotatable bonds is 7. The van der Waals surface area contributed by atoms with Crippen LogP contribution in [0.5, 0.6) is 0 Å². The minimum Gasteiger partial charge on any atom is -0.390 e. The lowest BCUT2D eigenvalue weighted by Crippen LogP contribution is -2.89. The first kappa shape index (κ1) is 39.7. The molecule has 4 bridgehead atoms. The van der Waals surface area contributed by atoms with Gasteiger partial charge in [0.2, 0.25) is 0 Å². The van der Waals surface area contributed by atoms with Crippen molar-refractivity contribution >= 4 is 98.4 Å². The molecule has 3 saturated heterocycles. The highest BCUT2D eigenvalue weighted by Crippen LogP contribution is 2.40. The van der Waals surface area contributed by atoms with Gasteiger partial charge in [0, 0.05) is 31.1 Å². The molecule has 11 nitrogen and oxygen atoms in total. The summed E-state index contributed by atoms with van der Waals surface area (Å²) in [6.07, 6.45) is 0. The fraction of sp³-hybridized carbons (Fsp3) is 0. The molecule has 3 aliphatic rings. The van der Waals surface area contributed by atoms with Crippen LogP contribution >= 0.6 is 0 Å². The Hall–Kier alpha value is -4.38. The smallest absolute Gasteiger partial charge is 0.390 e. The van der Waals surface area contributed by atoms with Crippen molar-refractivity contribution in [2.24, 2.45) is 0 Å². The zero-order chi connectivity index (χ0) is 40.7. The molecule has 10 rings (SSSR count). The monoisotopic (exact) mass is 914 g/mol. The summed E-state index contributed by atoms with van der Waals surface area (Å²) in [5.41, 5.74) is 0. The quantitative estimate of drug-likeness (QED) is 0.226. The van der Waals surface area contributed by atoms with Gasteiger partial charge in [0.05, 0.1) is 0 Å². The summed E-state index contributed by atoms with van der Waals surface area (Å²) in [7, 11) is -31.9. The third-order valence-corrected chi connectivity index (χ3v) is 36.9. The van der Waals surface area contributed by atoms with Gasteiger partial charge in [0.15, 0.2) is 0 Å². The Labute approximate surface area is 355 Å². The molecule has 2 N–H and O–H groups in total. The van der Waals surface area contributed by atoms with Gasteiger partial charge >= 0.3 is 62.1 Å². The minimum atomic E-state index is -4.89. The van der Waals surface area contributed by atoms with Crippen molar-refractivity contribution in [3.63, 3.8) is 0 Å². The Balaban J connectivity index is 1.36. The van der Waals surface area contributed by atoms with Crippen LogP contribution in [-0.4, -0.2) is 71.7 Å². The molecule has 3 heterocycles. The van der Waals surface area contributed by atoms with E-state index in [1.165, 1.54) is 0 Å². The predicted molar refractivity (Wildman–Crippen MR) is 238 cm³/mol. The van der Waals surface area contributed by atoms with Gasteiger partial charge in [-0.25, -0.2) is 0 Å². The van der Waals surface area contributed by atoms with Crippen LogP contribution in [0.4, 0.5) is 0 Å². The van der Waals surface area contributed by atoms with Crippen molar-refractivity contribution in [2.45, 2.75) is 0 Å². The highest BCUT2D eigenvalue weighted by molar-refractivity contribution is 7.08. The van der Waals surface area contributed by atoms with E-state index in [0.29, 0.717) is 36.3 Å². The second-order valence-corrected chi connectivity index (χ2v) is 33.4. The molecule has 0 radical (unpaired) electrons. The second kappa shape index (κ2) is 15.8. The van der Waals surface area contributed by atoms with Crippen molar-refractivity contribution in [3.8, 4) is 0 Å². The molecule has 18 heteroatoms. The van der Waals surface area contributed by atoms with Gasteiger partial charge in [-0.3, -0.25) is 0 Å². The van der Waals surface area contributed by atoms with Crippen molar-refractivity contribution in [1.82, 2.24) is 0 Å². The van der Waals surface area contributed by atoms with Gasteiger partial charge in [-0.2, -0.15) is 0 Å². The lowest BCUT2D eigenvalue weighted by atomic mass is 10.4. The molecule has 7 aromatic rings. The first-order chi connectivity index (χ1) is 29.3. The van der Waals surface area contributed by atoms with Gasteiger partial charge < -0.3 is 46.6 Å². The first-order valence-corrected chi connectivity index (χ1v) is 31.3. The Morgan fingerprint density at radius 1 is 0.267 bits per heavy atom. The van der Waals surface area contributed by atoms with Gasteiger partial charge in [0.1, 0.15) is 0 Å². The summed E-state index contributed by atoms with van der Waals surface area (Å²) >= 11 is 0. The summed E-state index contributed by atoms with van der Waals surface area (Å²) in [6.45, 7) is 0. The van der Waals surface area contributed by atoms with Crippen molar-refractivity contribution in [1.29, 1.82) is 0 Å². The normalized spacial score (nSPS) is 31.5. The third kappa shape index (κ3) is 7.20. The standard InChI is InChI=1S/C42H38O11Si7/c43-55(37-24-10-2-11-25-37)47-57(39-28-14-4-15-29-39)45-54(36-22-8-1-9-23-36)46-58(40-30-16-5-17-31-40)48-56(44,38-26-12-3-13-27-38)50-59(49-55,41-32-18-6-19-33-41)53-60(51-57,52-58)42-34-20-7-21-35-42/h1-35,43-44,54H. The number of fused-ring (bicyclic) bond motifs is 3. The summed E-state index contributed by atoms with van der Waals surface area (Å²) < 4.78 is 67.5. The molecule has 3 aliphatic heterocycles. The molecule has 4 atom stereocenters. The molecule has 4 unspecified atom stereocenters. The van der Waals surface area contributed by atoms with Crippen molar-refractivity contribution in [3.05, 3.63) is 212 Å². The zero-order valence-electron chi connectivity index (χ0n) is 31.9. The van der Waals surface area contributed by atoms with Crippen LogP contribution in [0.3, 0.4) is 0 Å². The van der Waals surface area contributed by atoms with Crippen LogP contribution in [0.1, 0.15) is 0 Å². The number of hydrogen-bond donors (Lipinski definition) is 2. The zero-order valence-corrected chi connectivity index (χ0v) is 39.0. The van der Waals surface area contributed by atoms with E-state index in [1.54, 1.807) is 60.7 Å². The number of benzene rings is 7. The maximum atomic E-state index is 13.6. The van der Waals surface area contributed by atoms with E-state index in [0.717, 1.165) is 0 Å². The minimum absolute atomic E-state index is 0.326. The lowest BCUT2D eigenvalue weighted by Gasteiger charge is -2.55. The van der Waals surface area contributed by atoms with E-state index < -0.39 is 62.1 Å². The first-order valence-electron chi connectivity index (χ1n) is 19.3. The highest BCUT2D eigenvalue weighted by atomic mass is 28.6. The van der Waals surface area contributed by atoms with Gasteiger partial charge in [-0.1, -0.05) is 212 Å². The van der Waals surface area contributed by atoms with Crippen molar-refractivity contribution < 1.29 is 46.6 Å². The lowest BCUT2D eigenvalue weighted by molar-refractivity contribution is 0.0488. The topological polar surface area (TPSA) is 124 Å². The van der Waals surface area contributed by atoms with Crippen LogP contribution in [0.25, 0.3) is 0 Å². The van der Waals surface area contributed by atoms with Gasteiger partial charge in [0.25, 0.3) is 0 Å². The summed E-state index contributed by atoms with van der Waals surface area (Å²) in [4.78, 5) is 27.1. The van der Waals surface area contributed by atoms with E-state index in [1.807, 2.05) is 152 Å². The number of hydrogen-bond acceptors (Lipinski definition) is 11. The maximum Gasteiger partial charge on any atom is 0.520 e. The van der Waals surface area contributed by atoms with Gasteiger partial charge in [-0.05, 0) is 5.19 Å². The second-order valence-electron chi connectivity index (χ2n) is 14.3. The molecule has 0 spiro atoms. The summed E-state index contributed by atoms with van der Waals surface area (Å²) in [5.74, 6) is 0. The SMILES string of the molecule is O[Si]1(c2ccccc2)O[Si]2(c3ccccc3)O[SiH](c3ccccc3)O[Si]3(c4ccccc4)O[Si](O)(c4ccccc4)O[Si](c4ccccc4)(O1)O[Si](c1ccccc1)(O2)O3. The summed E-state index contributed by atoms with van der Waals surface area (Å²) in [6, 6.07) is 64.1. The van der Waals surface area contributed by atoms with Crippen molar-refractivity contribution in [2.75, 3.05) is 0 Å². The molecule has 3 fully saturated rings. The fourth-order valence-electron chi connectivity index (χ4n) is 7.44. The molecule has 7 aromatic carbocycles. The molecule has 60 heavy (non-hydrogen) atoms. The Bertz CT molecular complexity index is 2440. The molecular formula is C42H38O11Si7. The predicted octanol–water partition coefficient (Wildman–Crippen LogP) is 1.37. The largest absolute Gasteiger partial charge is 0.520 e. The Morgan fingerprint density at radius 3 is 0.833 bits per heavy atom. The van der Waals surface area contributed by atoms with Gasteiger partial charge in [-0.15, -0.1) is 0 Å². The fourth-order valence-corrected chi connectivity index (χ4v) is 41.3. The Morgan fingerprint density at radius 2 is 0.500 bits per heavy atom. The van der Waals surface area contributed by atoms with E-state index >= 15 is 0 Å². The molecule has 0 aliphatic carbocycles. The van der Waals surface area contributed by atoms with Crippen LogP contribution in [-0.2, 0) is 37.0 Å². The highest BCUT2D eigenvalue weighted by Gasteiger charge is 2.78. The van der Waals surface area contributed by atoms with E-state index in [-0.39, 0.29) is 0 Å². The van der Waals surface area contributed by atoms with E-state index in [2.05, 4.69) is 0 Å².